The minimum Gasteiger partial charge on any atom is -0.438 e. The van der Waals surface area contributed by atoms with E-state index in [1.807, 2.05) is 0 Å². The Labute approximate surface area is 158 Å². The summed E-state index contributed by atoms with van der Waals surface area (Å²) in [7, 11) is -3.99. The maximum Gasteiger partial charge on any atom is 0.316 e. The van der Waals surface area contributed by atoms with Gasteiger partial charge in [0.2, 0.25) is 5.76 Å². The van der Waals surface area contributed by atoms with E-state index in [9.17, 15) is 18.4 Å². The SMILES string of the molecule is Cc1ncoc1C(=O)N=c1cc(S(=O)(=O)Nc2ccc(Cl)cc2)ccn1O. The summed E-state index contributed by atoms with van der Waals surface area (Å²) in [4.78, 5) is 19.4. The van der Waals surface area contributed by atoms with Gasteiger partial charge in [-0.3, -0.25) is 9.52 Å². The van der Waals surface area contributed by atoms with Gasteiger partial charge in [-0.2, -0.15) is 9.72 Å². The van der Waals surface area contributed by atoms with E-state index < -0.39 is 15.9 Å². The molecule has 3 aromatic rings. The van der Waals surface area contributed by atoms with Crippen LogP contribution in [0.1, 0.15) is 16.2 Å². The molecule has 1 amide bonds. The van der Waals surface area contributed by atoms with Crippen molar-refractivity contribution in [1.29, 1.82) is 0 Å². The van der Waals surface area contributed by atoms with Crippen molar-refractivity contribution in [3.05, 3.63) is 71.0 Å². The van der Waals surface area contributed by atoms with Gasteiger partial charge in [0.15, 0.2) is 11.9 Å². The highest BCUT2D eigenvalue weighted by Crippen LogP contribution is 2.17. The van der Waals surface area contributed by atoms with Crippen LogP contribution in [0.25, 0.3) is 0 Å². The molecular formula is C16H13ClN4O5S. The number of sulfonamides is 1. The van der Waals surface area contributed by atoms with Gasteiger partial charge in [0.05, 0.1) is 10.6 Å². The predicted octanol–water partition coefficient (Wildman–Crippen LogP) is 2.22. The first-order chi connectivity index (χ1) is 12.8. The zero-order valence-electron chi connectivity index (χ0n) is 13.8. The first-order valence-electron chi connectivity index (χ1n) is 7.46. The third kappa shape index (κ3) is 4.18. The summed E-state index contributed by atoms with van der Waals surface area (Å²) in [6, 6.07) is 8.26. The molecule has 0 bridgehead atoms. The number of nitrogens with one attached hydrogen (secondary N) is 1. The molecule has 0 saturated carbocycles. The van der Waals surface area contributed by atoms with Crippen LogP contribution in [0, 0.1) is 6.92 Å². The van der Waals surface area contributed by atoms with Crippen LogP contribution in [0.15, 0.2) is 63.3 Å². The van der Waals surface area contributed by atoms with Crippen molar-refractivity contribution in [2.75, 3.05) is 4.72 Å². The van der Waals surface area contributed by atoms with Gasteiger partial charge < -0.3 is 9.62 Å². The Morgan fingerprint density at radius 1 is 1.30 bits per heavy atom. The Kier molecular flexibility index (Phi) is 5.02. The Balaban J connectivity index is 1.97. The molecule has 0 aliphatic rings. The topological polar surface area (TPSA) is 127 Å². The zero-order chi connectivity index (χ0) is 19.6. The van der Waals surface area contributed by atoms with Gasteiger partial charge in [-0.15, -0.1) is 0 Å². The summed E-state index contributed by atoms with van der Waals surface area (Å²) in [5, 5.41) is 10.3. The minimum atomic E-state index is -3.99. The van der Waals surface area contributed by atoms with E-state index in [-0.39, 0.29) is 16.1 Å². The molecule has 0 unspecified atom stereocenters. The number of aromatic nitrogens is 2. The summed E-state index contributed by atoms with van der Waals surface area (Å²) in [6.07, 6.45) is 2.14. The van der Waals surface area contributed by atoms with E-state index in [2.05, 4.69) is 14.7 Å². The van der Waals surface area contributed by atoms with Crippen molar-refractivity contribution in [3.8, 4) is 0 Å². The number of rotatable bonds is 4. The number of hydrogen-bond donors (Lipinski definition) is 2. The number of pyridine rings is 1. The standard InChI is InChI=1S/C16H13ClN4O5S/c1-10-15(26-9-18-10)16(22)19-14-8-13(6-7-21(14)23)27(24,25)20-12-4-2-11(17)3-5-12/h2-9,20,23H,1H3. The second kappa shape index (κ2) is 7.25. The maximum absolute atomic E-state index is 12.5. The number of nitrogens with zero attached hydrogens (tertiary/aromatic N) is 3. The van der Waals surface area contributed by atoms with E-state index >= 15 is 0 Å². The minimum absolute atomic E-state index is 0.109. The monoisotopic (exact) mass is 408 g/mol. The third-order valence-electron chi connectivity index (χ3n) is 3.45. The first-order valence-corrected chi connectivity index (χ1v) is 9.32. The molecule has 2 aromatic heterocycles. The molecule has 0 fully saturated rings. The lowest BCUT2D eigenvalue weighted by molar-refractivity contribution is 0.0960. The van der Waals surface area contributed by atoms with Crippen LogP contribution in [0.4, 0.5) is 5.69 Å². The quantitative estimate of drug-likeness (QED) is 0.637. The van der Waals surface area contributed by atoms with Gasteiger partial charge in [0.25, 0.3) is 10.0 Å². The summed E-state index contributed by atoms with van der Waals surface area (Å²) < 4.78 is 32.9. The second-order valence-corrected chi connectivity index (χ2v) is 7.48. The van der Waals surface area contributed by atoms with Crippen LogP contribution >= 0.6 is 11.6 Å². The van der Waals surface area contributed by atoms with E-state index in [1.54, 1.807) is 6.92 Å². The molecule has 1 aromatic carbocycles. The van der Waals surface area contributed by atoms with Crippen molar-refractivity contribution in [2.45, 2.75) is 11.8 Å². The molecule has 11 heteroatoms. The average Bonchev–Trinajstić information content (AvgIpc) is 3.04. The van der Waals surface area contributed by atoms with Crippen molar-refractivity contribution in [3.63, 3.8) is 0 Å². The molecule has 3 rings (SSSR count). The van der Waals surface area contributed by atoms with Gasteiger partial charge in [0, 0.05) is 23.0 Å². The van der Waals surface area contributed by atoms with E-state index in [1.165, 1.54) is 24.3 Å². The van der Waals surface area contributed by atoms with Crippen LogP contribution in [-0.2, 0) is 10.0 Å². The Bertz CT molecular complexity index is 1170. The summed E-state index contributed by atoms with van der Waals surface area (Å²) in [6.45, 7) is 1.55. The molecule has 0 aliphatic heterocycles. The van der Waals surface area contributed by atoms with Crippen molar-refractivity contribution < 1.29 is 22.8 Å². The van der Waals surface area contributed by atoms with Crippen LogP contribution in [0.5, 0.6) is 0 Å². The van der Waals surface area contributed by atoms with Crippen LogP contribution < -0.4 is 10.2 Å². The van der Waals surface area contributed by atoms with Crippen LogP contribution in [-0.4, -0.2) is 29.2 Å². The molecular weight excluding hydrogens is 396 g/mol. The van der Waals surface area contributed by atoms with Crippen molar-refractivity contribution in [2.24, 2.45) is 4.99 Å². The second-order valence-electron chi connectivity index (χ2n) is 5.36. The average molecular weight is 409 g/mol. The van der Waals surface area contributed by atoms with E-state index in [0.717, 1.165) is 24.7 Å². The number of benzene rings is 1. The number of aryl methyl sites for hydroxylation is 1. The smallest absolute Gasteiger partial charge is 0.316 e. The normalized spacial score (nSPS) is 12.1. The lowest BCUT2D eigenvalue weighted by Gasteiger charge is -2.09. The molecule has 140 valence electrons. The number of carbonyl (C=O) groups excluding carboxylic acids is 1. The summed E-state index contributed by atoms with van der Waals surface area (Å²) in [5.74, 6) is -0.921. The third-order valence-corrected chi connectivity index (χ3v) is 5.08. The fourth-order valence-electron chi connectivity index (χ4n) is 2.11. The fraction of sp³-hybridized carbons (Fsp3) is 0.0625. The lowest BCUT2D eigenvalue weighted by Crippen LogP contribution is -2.23. The zero-order valence-corrected chi connectivity index (χ0v) is 15.4. The summed E-state index contributed by atoms with van der Waals surface area (Å²) in [5.41, 5.74) is 0.322. The van der Waals surface area contributed by atoms with Gasteiger partial charge in [-0.1, -0.05) is 11.6 Å². The number of anilines is 1. The molecule has 0 aliphatic carbocycles. The van der Waals surface area contributed by atoms with E-state index in [0.29, 0.717) is 21.1 Å². The Morgan fingerprint density at radius 3 is 2.63 bits per heavy atom. The molecule has 0 saturated heterocycles. The Hall–Kier alpha value is -3.11. The molecule has 0 spiro atoms. The van der Waals surface area contributed by atoms with Gasteiger partial charge >= 0.3 is 5.91 Å². The fourth-order valence-corrected chi connectivity index (χ4v) is 3.30. The van der Waals surface area contributed by atoms with Gasteiger partial charge in [0.1, 0.15) is 0 Å². The number of oxazole rings is 1. The van der Waals surface area contributed by atoms with Gasteiger partial charge in [-0.25, -0.2) is 13.4 Å². The molecule has 9 nitrogen and oxygen atoms in total. The van der Waals surface area contributed by atoms with Crippen LogP contribution in [0.2, 0.25) is 5.02 Å². The molecule has 27 heavy (non-hydrogen) atoms. The number of carbonyl (C=O) groups is 1. The first kappa shape index (κ1) is 18.7. The lowest BCUT2D eigenvalue weighted by atomic mass is 10.3. The molecule has 2 N–H and O–H groups in total. The Morgan fingerprint density at radius 2 is 2.00 bits per heavy atom. The van der Waals surface area contributed by atoms with Crippen molar-refractivity contribution in [1.82, 2.24) is 9.71 Å². The molecule has 0 atom stereocenters. The van der Waals surface area contributed by atoms with E-state index in [4.69, 9.17) is 16.0 Å². The van der Waals surface area contributed by atoms with Crippen molar-refractivity contribution >= 4 is 33.2 Å². The highest BCUT2D eigenvalue weighted by Gasteiger charge is 2.17. The summed E-state index contributed by atoms with van der Waals surface area (Å²) >= 11 is 5.78. The van der Waals surface area contributed by atoms with Crippen LogP contribution in [0.3, 0.4) is 0 Å². The molecule has 0 radical (unpaired) electrons. The molecule has 2 heterocycles. The number of halogens is 1. The highest BCUT2D eigenvalue weighted by atomic mass is 35.5. The highest BCUT2D eigenvalue weighted by molar-refractivity contribution is 7.92. The predicted molar refractivity (Wildman–Crippen MR) is 95.0 cm³/mol. The maximum atomic E-state index is 12.5. The number of hydrogen-bond acceptors (Lipinski definition) is 6. The number of amides is 1. The largest absolute Gasteiger partial charge is 0.438 e. The van der Waals surface area contributed by atoms with Gasteiger partial charge in [-0.05, 0) is 37.3 Å².